The lowest BCUT2D eigenvalue weighted by molar-refractivity contribution is -0.124. The van der Waals surface area contributed by atoms with Crippen LogP contribution in [-0.2, 0) is 4.79 Å². The predicted octanol–water partition coefficient (Wildman–Crippen LogP) is 2.84. The van der Waals surface area contributed by atoms with Crippen LogP contribution in [0.15, 0.2) is 48.7 Å². The van der Waals surface area contributed by atoms with Gasteiger partial charge in [0.15, 0.2) is 6.10 Å². The first-order valence-electron chi connectivity index (χ1n) is 10.9. The molecule has 2 aromatic carbocycles. The molecule has 0 saturated heterocycles. The van der Waals surface area contributed by atoms with E-state index in [2.05, 4.69) is 15.6 Å². The first-order chi connectivity index (χ1) is 16.6. The summed E-state index contributed by atoms with van der Waals surface area (Å²) in [5, 5.41) is 24.9. The lowest BCUT2D eigenvalue weighted by Crippen LogP contribution is -2.46. The van der Waals surface area contributed by atoms with Crippen molar-refractivity contribution in [2.75, 3.05) is 11.1 Å². The monoisotopic (exact) mass is 482 g/mol. The Morgan fingerprint density at radius 2 is 1.80 bits per heavy atom. The molecular weight excluding hydrogens is 458 g/mol. The number of nitrogens with one attached hydrogen (secondary N) is 2. The van der Waals surface area contributed by atoms with Crippen molar-refractivity contribution in [1.82, 2.24) is 10.3 Å². The van der Waals surface area contributed by atoms with Crippen LogP contribution in [0.4, 0.5) is 20.3 Å². The number of hydrogen-bond acceptors (Lipinski definition) is 6. The number of aromatic nitrogens is 1. The lowest BCUT2D eigenvalue weighted by Gasteiger charge is -2.32. The molecule has 1 aliphatic rings. The van der Waals surface area contributed by atoms with E-state index in [1.54, 1.807) is 31.2 Å². The minimum absolute atomic E-state index is 0.0791. The van der Waals surface area contributed by atoms with Gasteiger partial charge in [0, 0.05) is 29.6 Å². The second-order valence-corrected chi connectivity index (χ2v) is 8.58. The molecule has 1 heterocycles. The highest BCUT2D eigenvalue weighted by molar-refractivity contribution is 6.00. The van der Waals surface area contributed by atoms with Crippen molar-refractivity contribution in [3.05, 3.63) is 77.0 Å². The molecule has 3 aromatic rings. The predicted molar refractivity (Wildman–Crippen MR) is 125 cm³/mol. The van der Waals surface area contributed by atoms with Gasteiger partial charge in [0.2, 0.25) is 0 Å². The van der Waals surface area contributed by atoms with Crippen LogP contribution in [0.5, 0.6) is 0 Å². The standard InChI is InChI=1S/C25H24F2N4O4/c1-12-4-17(30-25(35)22(33)13-5-15(26)8-16(27)6-13)2-3-20(12)14-7-21(23(28)29-11-14)24(34)31-18-9-19(32)10-18/h2-8,11,18-19,22,32-33H,9-10H2,1H3,(H2,28,29)(H,30,35)(H,31,34)/t18?,19?,22-/m1/s1. The maximum atomic E-state index is 13.4. The van der Waals surface area contributed by atoms with Gasteiger partial charge < -0.3 is 26.6 Å². The van der Waals surface area contributed by atoms with Crippen LogP contribution in [0.25, 0.3) is 11.1 Å². The number of pyridine rings is 1. The molecule has 1 saturated carbocycles. The Hall–Kier alpha value is -3.89. The molecule has 0 radical (unpaired) electrons. The summed E-state index contributed by atoms with van der Waals surface area (Å²) in [6, 6.07) is 8.88. The number of carbonyl (C=O) groups excluding carboxylic acids is 2. The number of nitrogens with two attached hydrogens (primary N) is 1. The molecular formula is C25H24F2N4O4. The number of nitrogen functional groups attached to an aromatic ring is 1. The van der Waals surface area contributed by atoms with Crippen LogP contribution in [0, 0.1) is 18.6 Å². The third kappa shape index (κ3) is 5.44. The van der Waals surface area contributed by atoms with Gasteiger partial charge in [-0.3, -0.25) is 9.59 Å². The van der Waals surface area contributed by atoms with Crippen molar-refractivity contribution in [3.8, 4) is 11.1 Å². The fourth-order valence-electron chi connectivity index (χ4n) is 3.93. The van der Waals surface area contributed by atoms with E-state index in [-0.39, 0.29) is 28.9 Å². The van der Waals surface area contributed by atoms with Crippen LogP contribution in [0.2, 0.25) is 0 Å². The molecule has 10 heteroatoms. The number of halogens is 2. The van der Waals surface area contributed by atoms with E-state index in [1.165, 1.54) is 6.20 Å². The van der Waals surface area contributed by atoms with E-state index in [1.807, 2.05) is 0 Å². The smallest absolute Gasteiger partial charge is 0.257 e. The fraction of sp³-hybridized carbons (Fsp3) is 0.240. The van der Waals surface area contributed by atoms with Crippen LogP contribution in [-0.4, -0.2) is 39.2 Å². The molecule has 0 aliphatic heterocycles. The maximum Gasteiger partial charge on any atom is 0.257 e. The van der Waals surface area contributed by atoms with Crippen LogP contribution in [0.3, 0.4) is 0 Å². The molecule has 8 nitrogen and oxygen atoms in total. The van der Waals surface area contributed by atoms with Gasteiger partial charge in [-0.05, 0) is 66.8 Å². The molecule has 0 unspecified atom stereocenters. The van der Waals surface area contributed by atoms with E-state index >= 15 is 0 Å². The normalized spacial score (nSPS) is 17.9. The number of nitrogens with zero attached hydrogens (tertiary/aromatic N) is 1. The number of aryl methyl sites for hydroxylation is 1. The highest BCUT2D eigenvalue weighted by Crippen LogP contribution is 2.29. The lowest BCUT2D eigenvalue weighted by atomic mass is 9.89. The first-order valence-corrected chi connectivity index (χ1v) is 10.9. The Balaban J connectivity index is 1.50. The van der Waals surface area contributed by atoms with Crippen molar-refractivity contribution in [1.29, 1.82) is 0 Å². The minimum atomic E-state index is -1.76. The van der Waals surface area contributed by atoms with Gasteiger partial charge in [0.05, 0.1) is 11.7 Å². The Kier molecular flexibility index (Phi) is 6.77. The highest BCUT2D eigenvalue weighted by atomic mass is 19.1. The largest absolute Gasteiger partial charge is 0.393 e. The van der Waals surface area contributed by atoms with E-state index in [0.29, 0.717) is 30.2 Å². The van der Waals surface area contributed by atoms with Gasteiger partial charge in [-0.25, -0.2) is 13.8 Å². The highest BCUT2D eigenvalue weighted by Gasteiger charge is 2.29. The van der Waals surface area contributed by atoms with Crippen molar-refractivity contribution in [3.63, 3.8) is 0 Å². The molecule has 6 N–H and O–H groups in total. The second kappa shape index (κ2) is 9.77. The topological polar surface area (TPSA) is 138 Å². The summed E-state index contributed by atoms with van der Waals surface area (Å²) in [5.41, 5.74) is 8.36. The molecule has 35 heavy (non-hydrogen) atoms. The van der Waals surface area contributed by atoms with Gasteiger partial charge >= 0.3 is 0 Å². The quantitative estimate of drug-likeness (QED) is 0.366. The summed E-state index contributed by atoms with van der Waals surface area (Å²) >= 11 is 0. The maximum absolute atomic E-state index is 13.4. The molecule has 4 rings (SSSR count). The van der Waals surface area contributed by atoms with Crippen molar-refractivity contribution < 1.29 is 28.6 Å². The number of hydrogen-bond donors (Lipinski definition) is 5. The number of anilines is 2. The average molecular weight is 482 g/mol. The summed E-state index contributed by atoms with van der Waals surface area (Å²) in [6.07, 6.45) is 0.350. The molecule has 0 bridgehead atoms. The molecule has 2 amide bonds. The molecule has 1 fully saturated rings. The Labute approximate surface area is 199 Å². The van der Waals surface area contributed by atoms with E-state index in [9.17, 15) is 28.6 Å². The number of amides is 2. The molecule has 182 valence electrons. The number of aliphatic hydroxyl groups excluding tert-OH is 2. The van der Waals surface area contributed by atoms with Gasteiger partial charge in [0.25, 0.3) is 11.8 Å². The number of aliphatic hydroxyl groups is 2. The molecule has 0 spiro atoms. The molecule has 1 aromatic heterocycles. The van der Waals surface area contributed by atoms with Gasteiger partial charge in [-0.1, -0.05) is 6.07 Å². The Bertz CT molecular complexity index is 1270. The number of benzene rings is 2. The third-order valence-electron chi connectivity index (χ3n) is 5.87. The van der Waals surface area contributed by atoms with Gasteiger partial charge in [0.1, 0.15) is 17.5 Å². The Morgan fingerprint density at radius 3 is 2.43 bits per heavy atom. The van der Waals surface area contributed by atoms with E-state index < -0.39 is 29.7 Å². The van der Waals surface area contributed by atoms with E-state index in [4.69, 9.17) is 5.73 Å². The van der Waals surface area contributed by atoms with Crippen molar-refractivity contribution in [2.24, 2.45) is 0 Å². The first kappa shape index (κ1) is 24.2. The summed E-state index contributed by atoms with van der Waals surface area (Å²) < 4.78 is 26.8. The van der Waals surface area contributed by atoms with E-state index in [0.717, 1.165) is 23.3 Å². The zero-order chi connectivity index (χ0) is 25.3. The van der Waals surface area contributed by atoms with Crippen molar-refractivity contribution in [2.45, 2.75) is 38.0 Å². The Morgan fingerprint density at radius 1 is 1.11 bits per heavy atom. The summed E-state index contributed by atoms with van der Waals surface area (Å²) in [6.45, 7) is 1.79. The number of rotatable bonds is 6. The number of carbonyl (C=O) groups is 2. The average Bonchev–Trinajstić information content (AvgIpc) is 2.77. The molecule has 1 aliphatic carbocycles. The van der Waals surface area contributed by atoms with Crippen LogP contribution in [0.1, 0.15) is 40.4 Å². The van der Waals surface area contributed by atoms with Crippen molar-refractivity contribution >= 4 is 23.3 Å². The van der Waals surface area contributed by atoms with Gasteiger partial charge in [-0.2, -0.15) is 0 Å². The van der Waals surface area contributed by atoms with Crippen LogP contribution >= 0.6 is 0 Å². The SMILES string of the molecule is Cc1cc(NC(=O)[C@H](O)c2cc(F)cc(F)c2)ccc1-c1cnc(N)c(C(=O)NC2CC(O)C2)c1. The zero-order valence-corrected chi connectivity index (χ0v) is 18.8. The van der Waals surface area contributed by atoms with Gasteiger partial charge in [-0.15, -0.1) is 0 Å². The van der Waals surface area contributed by atoms with Crippen LogP contribution < -0.4 is 16.4 Å². The summed E-state index contributed by atoms with van der Waals surface area (Å²) in [5.74, 6) is -2.95. The summed E-state index contributed by atoms with van der Waals surface area (Å²) in [7, 11) is 0. The second-order valence-electron chi connectivity index (χ2n) is 8.58. The molecule has 1 atom stereocenters. The fourth-order valence-corrected chi connectivity index (χ4v) is 3.93. The third-order valence-corrected chi connectivity index (χ3v) is 5.87. The summed E-state index contributed by atoms with van der Waals surface area (Å²) in [4.78, 5) is 29.1. The minimum Gasteiger partial charge on any atom is -0.393 e. The zero-order valence-electron chi connectivity index (χ0n) is 18.8.